The van der Waals surface area contributed by atoms with E-state index in [0.29, 0.717) is 26.2 Å². The summed E-state index contributed by atoms with van der Waals surface area (Å²) in [5.74, 6) is 0.766. The molecule has 0 radical (unpaired) electrons. The largest absolute Gasteiger partial charge is 0.465 e. The van der Waals surface area contributed by atoms with Crippen molar-refractivity contribution in [3.8, 4) is 11.3 Å². The Morgan fingerprint density at radius 2 is 1.96 bits per heavy atom. The van der Waals surface area contributed by atoms with Crippen molar-refractivity contribution in [3.63, 3.8) is 0 Å². The van der Waals surface area contributed by atoms with E-state index in [-0.39, 0.29) is 0 Å². The molecule has 0 saturated carbocycles. The Hall–Kier alpha value is -2.74. The average molecular weight is 341 g/mol. The molecule has 24 heavy (non-hydrogen) atoms. The van der Waals surface area contributed by atoms with Crippen molar-refractivity contribution in [1.82, 2.24) is 19.9 Å². The van der Waals surface area contributed by atoms with Gasteiger partial charge in [0, 0.05) is 37.1 Å². The zero-order valence-electron chi connectivity index (χ0n) is 12.8. The molecule has 0 aliphatic carbocycles. The maximum Gasteiger partial charge on any atom is 0.407 e. The Morgan fingerprint density at radius 3 is 2.67 bits per heavy atom. The molecule has 0 spiro atoms. The lowest BCUT2D eigenvalue weighted by Crippen LogP contribution is -2.48. The van der Waals surface area contributed by atoms with Crippen molar-refractivity contribution in [2.75, 3.05) is 31.1 Å². The van der Waals surface area contributed by atoms with Gasteiger partial charge in [0.1, 0.15) is 11.8 Å². The van der Waals surface area contributed by atoms with Crippen molar-refractivity contribution in [2.24, 2.45) is 0 Å². The number of fused-ring (bicyclic) bond motifs is 1. The van der Waals surface area contributed by atoms with Crippen LogP contribution >= 0.6 is 11.3 Å². The van der Waals surface area contributed by atoms with Crippen LogP contribution in [0.2, 0.25) is 0 Å². The fraction of sp³-hybridized carbons (Fsp3) is 0.250. The highest BCUT2D eigenvalue weighted by Crippen LogP contribution is 2.27. The third-order valence-electron chi connectivity index (χ3n) is 4.13. The Morgan fingerprint density at radius 1 is 1.12 bits per heavy atom. The number of hydrogen-bond acceptors (Lipinski definition) is 6. The molecule has 1 aliphatic rings. The van der Waals surface area contributed by atoms with Crippen LogP contribution in [0.4, 0.5) is 10.6 Å². The van der Waals surface area contributed by atoms with Gasteiger partial charge in [0.05, 0.1) is 11.2 Å². The van der Waals surface area contributed by atoms with Gasteiger partial charge in [0.15, 0.2) is 5.82 Å². The smallest absolute Gasteiger partial charge is 0.407 e. The van der Waals surface area contributed by atoms with Crippen molar-refractivity contribution in [1.29, 1.82) is 0 Å². The molecule has 1 saturated heterocycles. The molecule has 3 aromatic heterocycles. The highest BCUT2D eigenvalue weighted by Gasteiger charge is 2.23. The third-order valence-corrected chi connectivity index (χ3v) is 4.81. The van der Waals surface area contributed by atoms with Crippen molar-refractivity contribution in [2.45, 2.75) is 0 Å². The molecule has 8 heteroatoms. The topological polar surface area (TPSA) is 82.5 Å². The van der Waals surface area contributed by atoms with Crippen LogP contribution < -0.4 is 4.90 Å². The number of nitrogens with zero attached hydrogens (tertiary/aromatic N) is 5. The fourth-order valence-corrected chi connectivity index (χ4v) is 3.49. The van der Waals surface area contributed by atoms with Gasteiger partial charge in [-0.1, -0.05) is 0 Å². The number of amides is 1. The van der Waals surface area contributed by atoms with E-state index in [0.717, 1.165) is 28.1 Å². The first-order chi connectivity index (χ1) is 11.7. The molecule has 3 aromatic rings. The number of anilines is 1. The average Bonchev–Trinajstić information content (AvgIpc) is 3.15. The summed E-state index contributed by atoms with van der Waals surface area (Å²) in [5.41, 5.74) is 3.51. The molecule has 0 aromatic carbocycles. The highest BCUT2D eigenvalue weighted by atomic mass is 32.1. The van der Waals surface area contributed by atoms with E-state index in [2.05, 4.69) is 20.2 Å². The summed E-state index contributed by atoms with van der Waals surface area (Å²) in [6.07, 6.45) is 0.660. The Bertz CT molecular complexity index is 875. The van der Waals surface area contributed by atoms with Gasteiger partial charge in [-0.2, -0.15) is 11.3 Å². The van der Waals surface area contributed by atoms with Crippen LogP contribution in [0.15, 0.2) is 35.3 Å². The normalized spacial score (nSPS) is 15.0. The summed E-state index contributed by atoms with van der Waals surface area (Å²) in [5, 5.41) is 13.2. The lowest BCUT2D eigenvalue weighted by Gasteiger charge is -2.33. The second kappa shape index (κ2) is 6.04. The molecule has 4 rings (SSSR count). The van der Waals surface area contributed by atoms with E-state index in [9.17, 15) is 4.79 Å². The van der Waals surface area contributed by atoms with Crippen molar-refractivity contribution < 1.29 is 9.90 Å². The van der Waals surface area contributed by atoms with Gasteiger partial charge in [-0.15, -0.1) is 0 Å². The molecule has 1 fully saturated rings. The quantitative estimate of drug-likeness (QED) is 0.771. The first-order valence-corrected chi connectivity index (χ1v) is 8.54. The number of thiophene rings is 1. The molecule has 7 nitrogen and oxygen atoms in total. The van der Waals surface area contributed by atoms with Gasteiger partial charge in [0.25, 0.3) is 0 Å². The van der Waals surface area contributed by atoms with Crippen LogP contribution in [0, 0.1) is 0 Å². The van der Waals surface area contributed by atoms with Gasteiger partial charge in [0.2, 0.25) is 0 Å². The van der Waals surface area contributed by atoms with E-state index in [4.69, 9.17) is 10.1 Å². The minimum atomic E-state index is -0.875. The summed E-state index contributed by atoms with van der Waals surface area (Å²) in [6.45, 7) is 2.13. The summed E-state index contributed by atoms with van der Waals surface area (Å²) in [4.78, 5) is 28.0. The highest BCUT2D eigenvalue weighted by molar-refractivity contribution is 7.08. The zero-order chi connectivity index (χ0) is 16.5. The SMILES string of the molecule is O=C(O)N1CCN(c2ncnc3ccc(-c4ccsc4)nc23)CC1. The van der Waals surface area contributed by atoms with Gasteiger partial charge < -0.3 is 14.9 Å². The number of rotatable bonds is 2. The zero-order valence-corrected chi connectivity index (χ0v) is 13.6. The number of aromatic nitrogens is 3. The maximum absolute atomic E-state index is 11.1. The van der Waals surface area contributed by atoms with Crippen molar-refractivity contribution in [3.05, 3.63) is 35.3 Å². The number of carboxylic acid groups (broad SMARTS) is 1. The van der Waals surface area contributed by atoms with Crippen LogP contribution in [0.1, 0.15) is 0 Å². The molecule has 0 unspecified atom stereocenters. The number of carbonyl (C=O) groups is 1. The molecule has 0 bridgehead atoms. The first-order valence-electron chi connectivity index (χ1n) is 7.59. The molecule has 122 valence electrons. The van der Waals surface area contributed by atoms with Crippen LogP contribution in [-0.2, 0) is 0 Å². The van der Waals surface area contributed by atoms with Crippen LogP contribution in [0.25, 0.3) is 22.3 Å². The Labute approximate surface area is 142 Å². The molecule has 4 heterocycles. The van der Waals surface area contributed by atoms with E-state index < -0.39 is 6.09 Å². The van der Waals surface area contributed by atoms with Crippen LogP contribution in [0.5, 0.6) is 0 Å². The summed E-state index contributed by atoms with van der Waals surface area (Å²) < 4.78 is 0. The molecule has 0 atom stereocenters. The number of pyridine rings is 1. The van der Waals surface area contributed by atoms with Crippen LogP contribution in [-0.4, -0.2) is 57.2 Å². The van der Waals surface area contributed by atoms with E-state index in [1.54, 1.807) is 11.3 Å². The van der Waals surface area contributed by atoms with Gasteiger partial charge >= 0.3 is 6.09 Å². The molecule has 1 amide bonds. The van der Waals surface area contributed by atoms with E-state index in [1.165, 1.54) is 11.2 Å². The van der Waals surface area contributed by atoms with Crippen molar-refractivity contribution >= 4 is 34.3 Å². The minimum Gasteiger partial charge on any atom is -0.465 e. The van der Waals surface area contributed by atoms with Crippen LogP contribution in [0.3, 0.4) is 0 Å². The maximum atomic E-state index is 11.1. The van der Waals surface area contributed by atoms with Gasteiger partial charge in [-0.3, -0.25) is 0 Å². The molecular formula is C16H15N5O2S. The first kappa shape index (κ1) is 14.8. The Kier molecular flexibility index (Phi) is 3.73. The van der Waals surface area contributed by atoms with E-state index in [1.807, 2.05) is 23.6 Å². The lowest BCUT2D eigenvalue weighted by atomic mass is 10.2. The summed E-state index contributed by atoms with van der Waals surface area (Å²) >= 11 is 1.63. The van der Waals surface area contributed by atoms with E-state index >= 15 is 0 Å². The monoisotopic (exact) mass is 341 g/mol. The van der Waals surface area contributed by atoms with Gasteiger partial charge in [-0.05, 0) is 23.6 Å². The second-order valence-corrected chi connectivity index (χ2v) is 6.31. The van der Waals surface area contributed by atoms with Gasteiger partial charge in [-0.25, -0.2) is 19.7 Å². The lowest BCUT2D eigenvalue weighted by molar-refractivity contribution is 0.142. The predicted octanol–water partition coefficient (Wildman–Crippen LogP) is 2.55. The Balaban J connectivity index is 1.70. The third kappa shape index (κ3) is 2.65. The summed E-state index contributed by atoms with van der Waals surface area (Å²) in [6, 6.07) is 5.95. The minimum absolute atomic E-state index is 0.463. The summed E-state index contributed by atoms with van der Waals surface area (Å²) in [7, 11) is 0. The fourth-order valence-electron chi connectivity index (χ4n) is 2.84. The molecule has 1 aliphatic heterocycles. The predicted molar refractivity (Wildman–Crippen MR) is 92.5 cm³/mol. The standard InChI is InChI=1S/C16H15N5O2S/c22-16(23)21-6-4-20(5-7-21)15-14-13(17-10-18-15)2-1-12(19-14)11-3-8-24-9-11/h1-3,8-10H,4-7H2,(H,22,23). The second-order valence-electron chi connectivity index (χ2n) is 5.53. The number of hydrogen-bond donors (Lipinski definition) is 1. The molecular weight excluding hydrogens is 326 g/mol. The number of piperazine rings is 1. The molecule has 1 N–H and O–H groups in total.